The Labute approximate surface area is 183 Å². The van der Waals surface area contributed by atoms with Gasteiger partial charge in [-0.05, 0) is 41.7 Å². The van der Waals surface area contributed by atoms with Crippen molar-refractivity contribution in [1.29, 1.82) is 0 Å². The summed E-state index contributed by atoms with van der Waals surface area (Å²) in [6, 6.07) is 14.5. The number of hydrogen-bond acceptors (Lipinski definition) is 5. The number of hydrogen-bond donors (Lipinski definition) is 0. The molecule has 3 rings (SSSR count). The van der Waals surface area contributed by atoms with Gasteiger partial charge < -0.3 is 9.16 Å². The fourth-order valence-corrected chi connectivity index (χ4v) is 4.86. The quantitative estimate of drug-likeness (QED) is 0.265. The number of carbonyl (C=O) groups is 1. The van der Waals surface area contributed by atoms with Gasteiger partial charge in [-0.2, -0.15) is 5.10 Å². The highest BCUT2D eigenvalue weighted by molar-refractivity contribution is 7.98. The lowest BCUT2D eigenvalue weighted by molar-refractivity contribution is 0.0593. The SMILES string of the molecule is COC(=O)c1cc(CSc2cc(O[Si](C)(C)C(C)(C)C)c3ccccc3c2)n(C)n1. The van der Waals surface area contributed by atoms with Gasteiger partial charge in [-0.15, -0.1) is 11.8 Å². The Morgan fingerprint density at radius 1 is 1.17 bits per heavy atom. The highest BCUT2D eigenvalue weighted by Gasteiger charge is 2.39. The molecule has 0 bridgehead atoms. The first kappa shape index (κ1) is 22.4. The Bertz CT molecular complexity index is 1070. The Morgan fingerprint density at radius 2 is 1.87 bits per heavy atom. The van der Waals surface area contributed by atoms with Crippen LogP contribution in [0.3, 0.4) is 0 Å². The summed E-state index contributed by atoms with van der Waals surface area (Å²) in [5, 5.41) is 6.67. The molecule has 0 unspecified atom stereocenters. The van der Waals surface area contributed by atoms with Gasteiger partial charge in [-0.25, -0.2) is 4.79 Å². The van der Waals surface area contributed by atoms with Gasteiger partial charge in [-0.3, -0.25) is 4.68 Å². The van der Waals surface area contributed by atoms with E-state index in [9.17, 15) is 4.79 Å². The van der Waals surface area contributed by atoms with E-state index in [0.717, 1.165) is 27.1 Å². The highest BCUT2D eigenvalue weighted by Crippen LogP contribution is 2.41. The van der Waals surface area contributed by atoms with Gasteiger partial charge in [0.25, 0.3) is 8.32 Å². The van der Waals surface area contributed by atoms with Crippen LogP contribution < -0.4 is 4.43 Å². The largest absolute Gasteiger partial charge is 0.543 e. The maximum absolute atomic E-state index is 11.7. The zero-order valence-electron chi connectivity index (χ0n) is 18.8. The van der Waals surface area contributed by atoms with E-state index < -0.39 is 14.3 Å². The molecular formula is C23H30N2O3SSi. The molecule has 0 saturated carbocycles. The number of rotatable bonds is 6. The first-order valence-corrected chi connectivity index (χ1v) is 13.9. The number of thioether (sulfide) groups is 1. The first-order chi connectivity index (χ1) is 14.0. The second-order valence-electron chi connectivity index (χ2n) is 8.93. The monoisotopic (exact) mass is 442 g/mol. The number of methoxy groups -OCH3 is 1. The molecule has 5 nitrogen and oxygen atoms in total. The summed E-state index contributed by atoms with van der Waals surface area (Å²) in [5.74, 6) is 1.22. The molecule has 0 saturated heterocycles. The Morgan fingerprint density at radius 3 is 2.53 bits per heavy atom. The fraction of sp³-hybridized carbons (Fsp3) is 0.391. The molecule has 30 heavy (non-hydrogen) atoms. The molecule has 0 spiro atoms. The third kappa shape index (κ3) is 4.73. The molecule has 0 fully saturated rings. The smallest absolute Gasteiger partial charge is 0.358 e. The van der Waals surface area contributed by atoms with Gasteiger partial charge in [0.2, 0.25) is 0 Å². The van der Waals surface area contributed by atoms with Crippen LogP contribution in [0.15, 0.2) is 47.4 Å². The van der Waals surface area contributed by atoms with Crippen molar-refractivity contribution in [2.45, 2.75) is 49.6 Å². The lowest BCUT2D eigenvalue weighted by Crippen LogP contribution is -2.43. The van der Waals surface area contributed by atoms with Crippen LogP contribution in [0, 0.1) is 0 Å². The standard InChI is InChI=1S/C23H30N2O3SSi/c1-23(2,3)30(6,7)28-21-14-18(12-16-10-8-9-11-19(16)21)29-15-17-13-20(22(26)27-5)24-25(17)4/h8-14H,15H2,1-7H3. The number of ether oxygens (including phenoxy) is 1. The Hall–Kier alpha value is -2.25. The first-order valence-electron chi connectivity index (χ1n) is 9.97. The normalized spacial score (nSPS) is 12.2. The molecule has 2 aromatic carbocycles. The fourth-order valence-electron chi connectivity index (χ4n) is 2.85. The molecular weight excluding hydrogens is 412 g/mol. The molecule has 0 aliphatic heterocycles. The third-order valence-electron chi connectivity index (χ3n) is 5.73. The van der Waals surface area contributed by atoms with E-state index in [1.165, 1.54) is 7.11 Å². The van der Waals surface area contributed by atoms with Crippen LogP contribution in [0.1, 0.15) is 37.0 Å². The number of esters is 1. The molecule has 160 valence electrons. The number of carbonyl (C=O) groups excluding carboxylic acids is 1. The third-order valence-corrected chi connectivity index (χ3v) is 11.1. The van der Waals surface area contributed by atoms with Gasteiger partial charge >= 0.3 is 5.97 Å². The van der Waals surface area contributed by atoms with E-state index in [4.69, 9.17) is 9.16 Å². The second kappa shape index (κ2) is 8.47. The topological polar surface area (TPSA) is 53.4 Å². The average Bonchev–Trinajstić information content (AvgIpc) is 3.05. The molecule has 3 aromatic rings. The summed E-state index contributed by atoms with van der Waals surface area (Å²) >= 11 is 1.71. The lowest BCUT2D eigenvalue weighted by atomic mass is 10.1. The van der Waals surface area contributed by atoms with Gasteiger partial charge in [0.15, 0.2) is 5.69 Å². The number of benzene rings is 2. The maximum Gasteiger partial charge on any atom is 0.358 e. The Kier molecular flexibility index (Phi) is 6.34. The van der Waals surface area contributed by atoms with Gasteiger partial charge in [-0.1, -0.05) is 45.0 Å². The van der Waals surface area contributed by atoms with Crippen LogP contribution in [0.5, 0.6) is 5.75 Å². The van der Waals surface area contributed by atoms with Crippen LogP contribution in [-0.4, -0.2) is 31.2 Å². The van der Waals surface area contributed by atoms with Crippen LogP contribution in [0.25, 0.3) is 10.8 Å². The molecule has 0 aliphatic carbocycles. The van der Waals surface area contributed by atoms with Crippen LogP contribution in [0.4, 0.5) is 0 Å². The second-order valence-corrected chi connectivity index (χ2v) is 14.7. The van der Waals surface area contributed by atoms with E-state index in [1.807, 2.05) is 7.05 Å². The molecule has 0 amide bonds. The van der Waals surface area contributed by atoms with Crippen molar-refractivity contribution in [3.8, 4) is 5.75 Å². The zero-order chi connectivity index (χ0) is 22.1. The molecule has 1 heterocycles. The van der Waals surface area contributed by atoms with Crippen LogP contribution >= 0.6 is 11.8 Å². The lowest BCUT2D eigenvalue weighted by Gasteiger charge is -2.37. The molecule has 0 radical (unpaired) electrons. The number of fused-ring (bicyclic) bond motifs is 1. The summed E-state index contributed by atoms with van der Waals surface area (Å²) in [5.41, 5.74) is 1.29. The molecule has 0 atom stereocenters. The maximum atomic E-state index is 11.7. The van der Waals surface area contributed by atoms with E-state index in [1.54, 1.807) is 22.5 Å². The minimum atomic E-state index is -1.97. The molecule has 0 N–H and O–H groups in total. The van der Waals surface area contributed by atoms with Crippen molar-refractivity contribution in [3.63, 3.8) is 0 Å². The summed E-state index contributed by atoms with van der Waals surface area (Å²) in [4.78, 5) is 12.9. The summed E-state index contributed by atoms with van der Waals surface area (Å²) in [6.45, 7) is 11.3. The van der Waals surface area contributed by atoms with Gasteiger partial charge in [0.05, 0.1) is 7.11 Å². The summed E-state index contributed by atoms with van der Waals surface area (Å²) < 4.78 is 13.2. The van der Waals surface area contributed by atoms with Crippen molar-refractivity contribution >= 4 is 36.8 Å². The van der Waals surface area contributed by atoms with E-state index in [2.05, 4.69) is 75.4 Å². The summed E-state index contributed by atoms with van der Waals surface area (Å²) in [6.07, 6.45) is 0. The average molecular weight is 443 g/mol. The van der Waals surface area contributed by atoms with Crippen molar-refractivity contribution in [2.24, 2.45) is 7.05 Å². The predicted octanol–water partition coefficient (Wildman–Crippen LogP) is 6.04. The number of aromatic nitrogens is 2. The van der Waals surface area contributed by atoms with E-state index in [0.29, 0.717) is 11.4 Å². The van der Waals surface area contributed by atoms with Gasteiger partial charge in [0.1, 0.15) is 5.75 Å². The van der Waals surface area contributed by atoms with E-state index in [-0.39, 0.29) is 5.04 Å². The minimum absolute atomic E-state index is 0.121. The molecule has 0 aliphatic rings. The highest BCUT2D eigenvalue weighted by atomic mass is 32.2. The molecule has 7 heteroatoms. The summed E-state index contributed by atoms with van der Waals surface area (Å²) in [7, 11) is 1.24. The van der Waals surface area contributed by atoms with Crippen molar-refractivity contribution in [3.05, 3.63) is 53.9 Å². The predicted molar refractivity (Wildman–Crippen MR) is 126 cm³/mol. The van der Waals surface area contributed by atoms with E-state index >= 15 is 0 Å². The zero-order valence-corrected chi connectivity index (χ0v) is 20.6. The molecule has 1 aromatic heterocycles. The van der Waals surface area contributed by atoms with Crippen LogP contribution in [0.2, 0.25) is 18.1 Å². The van der Waals surface area contributed by atoms with Crippen molar-refractivity contribution in [1.82, 2.24) is 9.78 Å². The van der Waals surface area contributed by atoms with Gasteiger partial charge in [0, 0.05) is 28.8 Å². The number of aryl methyl sites for hydroxylation is 1. The van der Waals surface area contributed by atoms with Crippen LogP contribution in [-0.2, 0) is 17.5 Å². The van der Waals surface area contributed by atoms with Crippen molar-refractivity contribution < 1.29 is 14.0 Å². The minimum Gasteiger partial charge on any atom is -0.543 e. The van der Waals surface area contributed by atoms with Crippen molar-refractivity contribution in [2.75, 3.05) is 7.11 Å². The number of nitrogens with zero attached hydrogens (tertiary/aromatic N) is 2. The Balaban J connectivity index is 1.90.